The fourth-order valence-electron chi connectivity index (χ4n) is 1.81. The Morgan fingerprint density at radius 1 is 1.10 bits per heavy atom. The predicted molar refractivity (Wildman–Crippen MR) is 81.5 cm³/mol. The van der Waals surface area contributed by atoms with Gasteiger partial charge in [0.1, 0.15) is 5.75 Å². The van der Waals surface area contributed by atoms with Crippen LogP contribution < -0.4 is 4.74 Å². The summed E-state index contributed by atoms with van der Waals surface area (Å²) in [6.07, 6.45) is 2.97. The highest BCUT2D eigenvalue weighted by Gasteiger charge is 2.07. The summed E-state index contributed by atoms with van der Waals surface area (Å²) in [5.74, 6) is 0.0537. The number of unbranched alkanes of at least 4 members (excludes halogenated alkanes) is 2. The minimum absolute atomic E-state index is 0.184. The molecule has 0 radical (unpaired) electrons. The second-order valence-electron chi connectivity index (χ2n) is 4.75. The second kappa shape index (κ2) is 9.40. The van der Waals surface area contributed by atoms with Gasteiger partial charge < -0.3 is 9.47 Å². The Kier molecular flexibility index (Phi) is 7.83. The standard InChI is InChI=1S/C16H21ClO4/c1-3-20-15(18)7-5-4-6-8-16(19)21-13-9-10-14(17)12(2)11-13/h9-11H,3-8H2,1-2H3. The van der Waals surface area contributed by atoms with Crippen LogP contribution in [0, 0.1) is 6.92 Å². The summed E-state index contributed by atoms with van der Waals surface area (Å²) in [5, 5.41) is 0.647. The fraction of sp³-hybridized carbons (Fsp3) is 0.500. The molecule has 1 rings (SSSR count). The molecule has 0 fully saturated rings. The summed E-state index contributed by atoms with van der Waals surface area (Å²) >= 11 is 5.91. The number of benzene rings is 1. The SMILES string of the molecule is CCOC(=O)CCCCCC(=O)Oc1ccc(Cl)c(C)c1. The summed E-state index contributed by atoms with van der Waals surface area (Å²) in [6, 6.07) is 5.12. The van der Waals surface area contributed by atoms with E-state index in [1.807, 2.05) is 6.92 Å². The van der Waals surface area contributed by atoms with Gasteiger partial charge in [0.15, 0.2) is 0 Å². The molecule has 1 aromatic rings. The van der Waals surface area contributed by atoms with Crippen LogP contribution in [0.1, 0.15) is 44.6 Å². The van der Waals surface area contributed by atoms with E-state index in [-0.39, 0.29) is 11.9 Å². The van der Waals surface area contributed by atoms with Crippen molar-refractivity contribution in [2.75, 3.05) is 6.61 Å². The van der Waals surface area contributed by atoms with Crippen LogP contribution in [-0.2, 0) is 14.3 Å². The Labute approximate surface area is 130 Å². The van der Waals surface area contributed by atoms with Crippen molar-refractivity contribution in [3.05, 3.63) is 28.8 Å². The van der Waals surface area contributed by atoms with Crippen molar-refractivity contribution in [2.45, 2.75) is 46.0 Å². The van der Waals surface area contributed by atoms with Crippen LogP contribution in [-0.4, -0.2) is 18.5 Å². The van der Waals surface area contributed by atoms with E-state index in [2.05, 4.69) is 0 Å². The van der Waals surface area contributed by atoms with E-state index in [4.69, 9.17) is 21.1 Å². The number of hydrogen-bond donors (Lipinski definition) is 0. The molecule has 4 nitrogen and oxygen atoms in total. The first-order valence-electron chi connectivity index (χ1n) is 7.15. The van der Waals surface area contributed by atoms with E-state index < -0.39 is 0 Å². The van der Waals surface area contributed by atoms with Crippen molar-refractivity contribution < 1.29 is 19.1 Å². The highest BCUT2D eigenvalue weighted by Crippen LogP contribution is 2.21. The van der Waals surface area contributed by atoms with Crippen molar-refractivity contribution in [1.82, 2.24) is 0 Å². The van der Waals surface area contributed by atoms with Crippen LogP contribution >= 0.6 is 11.6 Å². The van der Waals surface area contributed by atoms with Crippen molar-refractivity contribution >= 4 is 23.5 Å². The summed E-state index contributed by atoms with van der Waals surface area (Å²) in [7, 11) is 0. The summed E-state index contributed by atoms with van der Waals surface area (Å²) in [6.45, 7) is 4.05. The first kappa shape index (κ1) is 17.5. The van der Waals surface area contributed by atoms with Gasteiger partial charge in [-0.15, -0.1) is 0 Å². The molecule has 0 aromatic heterocycles. The number of carbonyl (C=O) groups is 2. The lowest BCUT2D eigenvalue weighted by molar-refractivity contribution is -0.143. The summed E-state index contributed by atoms with van der Waals surface area (Å²) < 4.78 is 10.1. The number of halogens is 1. The highest BCUT2D eigenvalue weighted by molar-refractivity contribution is 6.31. The Balaban J connectivity index is 2.19. The molecule has 0 saturated carbocycles. The van der Waals surface area contributed by atoms with Gasteiger partial charge in [-0.05, 0) is 50.5 Å². The van der Waals surface area contributed by atoms with Crippen molar-refractivity contribution in [1.29, 1.82) is 0 Å². The van der Waals surface area contributed by atoms with Crippen LogP contribution in [0.5, 0.6) is 5.75 Å². The molecule has 0 spiro atoms. The van der Waals surface area contributed by atoms with Gasteiger partial charge in [0.25, 0.3) is 0 Å². The minimum atomic E-state index is -0.271. The van der Waals surface area contributed by atoms with Crippen LogP contribution in [0.2, 0.25) is 5.02 Å². The Hall–Kier alpha value is -1.55. The third-order valence-corrected chi connectivity index (χ3v) is 3.35. The predicted octanol–water partition coefficient (Wildman–Crippen LogP) is 4.07. The third kappa shape index (κ3) is 7.14. The van der Waals surface area contributed by atoms with E-state index in [0.29, 0.717) is 36.6 Å². The number of aryl methyl sites for hydroxylation is 1. The van der Waals surface area contributed by atoms with E-state index in [1.54, 1.807) is 25.1 Å². The first-order chi connectivity index (χ1) is 10.0. The van der Waals surface area contributed by atoms with Crippen LogP contribution in [0.3, 0.4) is 0 Å². The molecule has 0 aliphatic heterocycles. The normalized spacial score (nSPS) is 10.2. The molecule has 0 aliphatic rings. The van der Waals surface area contributed by atoms with E-state index in [0.717, 1.165) is 18.4 Å². The number of rotatable bonds is 8. The fourth-order valence-corrected chi connectivity index (χ4v) is 1.93. The topological polar surface area (TPSA) is 52.6 Å². The van der Waals surface area contributed by atoms with Gasteiger partial charge in [0.05, 0.1) is 6.61 Å². The molecule has 0 saturated heterocycles. The van der Waals surface area contributed by atoms with Crippen molar-refractivity contribution in [3.8, 4) is 5.75 Å². The maximum absolute atomic E-state index is 11.7. The molecule has 0 heterocycles. The molecule has 0 aliphatic carbocycles. The molecule has 0 bridgehead atoms. The molecule has 0 amide bonds. The lowest BCUT2D eigenvalue weighted by Crippen LogP contribution is -2.08. The highest BCUT2D eigenvalue weighted by atomic mass is 35.5. The third-order valence-electron chi connectivity index (χ3n) is 2.93. The van der Waals surface area contributed by atoms with Gasteiger partial charge in [-0.25, -0.2) is 0 Å². The monoisotopic (exact) mass is 312 g/mol. The second-order valence-corrected chi connectivity index (χ2v) is 5.16. The maximum atomic E-state index is 11.7. The smallest absolute Gasteiger partial charge is 0.311 e. The summed E-state index contributed by atoms with van der Waals surface area (Å²) in [4.78, 5) is 22.8. The van der Waals surface area contributed by atoms with E-state index in [9.17, 15) is 9.59 Å². The molecular formula is C16H21ClO4. The molecular weight excluding hydrogens is 292 g/mol. The zero-order chi connectivity index (χ0) is 15.7. The zero-order valence-electron chi connectivity index (χ0n) is 12.5. The molecule has 5 heteroatoms. The Morgan fingerprint density at radius 2 is 1.76 bits per heavy atom. The average Bonchev–Trinajstić information content (AvgIpc) is 2.43. The van der Waals surface area contributed by atoms with Crippen LogP contribution in [0.15, 0.2) is 18.2 Å². The van der Waals surface area contributed by atoms with Crippen molar-refractivity contribution in [3.63, 3.8) is 0 Å². The van der Waals surface area contributed by atoms with Crippen LogP contribution in [0.4, 0.5) is 0 Å². The number of ether oxygens (including phenoxy) is 2. The molecule has 116 valence electrons. The first-order valence-corrected chi connectivity index (χ1v) is 7.53. The van der Waals surface area contributed by atoms with Gasteiger partial charge in [-0.1, -0.05) is 18.0 Å². The lowest BCUT2D eigenvalue weighted by atomic mass is 10.1. The van der Waals surface area contributed by atoms with Gasteiger partial charge in [-0.2, -0.15) is 0 Å². The molecule has 0 atom stereocenters. The van der Waals surface area contributed by atoms with Crippen LogP contribution in [0.25, 0.3) is 0 Å². The Morgan fingerprint density at radius 3 is 2.38 bits per heavy atom. The number of carbonyl (C=O) groups excluding carboxylic acids is 2. The Bertz CT molecular complexity index is 485. The molecule has 21 heavy (non-hydrogen) atoms. The average molecular weight is 313 g/mol. The van der Waals surface area contributed by atoms with Gasteiger partial charge >= 0.3 is 11.9 Å². The quantitative estimate of drug-likeness (QED) is 0.412. The van der Waals surface area contributed by atoms with Gasteiger partial charge in [0.2, 0.25) is 0 Å². The largest absolute Gasteiger partial charge is 0.466 e. The van der Waals surface area contributed by atoms with E-state index >= 15 is 0 Å². The number of esters is 2. The maximum Gasteiger partial charge on any atom is 0.311 e. The minimum Gasteiger partial charge on any atom is -0.466 e. The molecule has 1 aromatic carbocycles. The molecule has 0 unspecified atom stereocenters. The number of hydrogen-bond acceptors (Lipinski definition) is 4. The summed E-state index contributed by atoms with van der Waals surface area (Å²) in [5.41, 5.74) is 0.872. The van der Waals surface area contributed by atoms with Crippen molar-refractivity contribution in [2.24, 2.45) is 0 Å². The van der Waals surface area contributed by atoms with Gasteiger partial charge in [-0.3, -0.25) is 9.59 Å². The van der Waals surface area contributed by atoms with Gasteiger partial charge in [0, 0.05) is 17.9 Å². The lowest BCUT2D eigenvalue weighted by Gasteiger charge is -2.06. The zero-order valence-corrected chi connectivity index (χ0v) is 13.2. The molecule has 0 N–H and O–H groups in total. The van der Waals surface area contributed by atoms with E-state index in [1.165, 1.54) is 0 Å².